The molecule has 0 aliphatic carbocycles. The Hall–Kier alpha value is -1.76. The number of anilines is 1. The topological polar surface area (TPSA) is 35.6 Å². The minimum absolute atomic E-state index is 0.163. The SMILES string of the molecule is Cc1ccc(NC(=O)CN2CCN(Cc3ccsc3)CC2)c(F)c1. The van der Waals surface area contributed by atoms with Crippen molar-refractivity contribution in [2.45, 2.75) is 13.5 Å². The van der Waals surface area contributed by atoms with Crippen molar-refractivity contribution in [3.05, 3.63) is 52.0 Å². The molecule has 1 aliphatic heterocycles. The highest BCUT2D eigenvalue weighted by molar-refractivity contribution is 7.07. The molecule has 2 heterocycles. The number of nitrogens with one attached hydrogen (secondary N) is 1. The van der Waals surface area contributed by atoms with Gasteiger partial charge in [0.25, 0.3) is 0 Å². The minimum atomic E-state index is -0.385. The molecule has 0 bridgehead atoms. The van der Waals surface area contributed by atoms with Crippen molar-refractivity contribution < 1.29 is 9.18 Å². The molecule has 1 amide bonds. The van der Waals surface area contributed by atoms with Gasteiger partial charge in [0, 0.05) is 32.7 Å². The zero-order chi connectivity index (χ0) is 16.9. The fourth-order valence-corrected chi connectivity index (χ4v) is 3.52. The Labute approximate surface area is 145 Å². The molecule has 0 saturated carbocycles. The summed E-state index contributed by atoms with van der Waals surface area (Å²) in [7, 11) is 0. The second-order valence-corrected chi connectivity index (χ2v) is 7.00. The summed E-state index contributed by atoms with van der Waals surface area (Å²) in [6.45, 7) is 6.70. The van der Waals surface area contributed by atoms with Crippen LogP contribution in [0.25, 0.3) is 0 Å². The molecule has 0 unspecified atom stereocenters. The van der Waals surface area contributed by atoms with Crippen LogP contribution in [0, 0.1) is 12.7 Å². The summed E-state index contributed by atoms with van der Waals surface area (Å²) in [6.07, 6.45) is 0. The number of piperazine rings is 1. The summed E-state index contributed by atoms with van der Waals surface area (Å²) >= 11 is 1.72. The van der Waals surface area contributed by atoms with E-state index in [2.05, 4.69) is 31.9 Å². The predicted molar refractivity (Wildman–Crippen MR) is 95.8 cm³/mol. The van der Waals surface area contributed by atoms with Crippen LogP contribution in [-0.4, -0.2) is 48.4 Å². The number of aryl methyl sites for hydroxylation is 1. The lowest BCUT2D eigenvalue weighted by Crippen LogP contribution is -2.48. The molecule has 6 heteroatoms. The van der Waals surface area contributed by atoms with Gasteiger partial charge in [-0.2, -0.15) is 11.3 Å². The molecule has 1 aromatic heterocycles. The summed E-state index contributed by atoms with van der Waals surface area (Å²) in [6, 6.07) is 6.99. The second kappa shape index (κ2) is 7.88. The molecular weight excluding hydrogens is 325 g/mol. The smallest absolute Gasteiger partial charge is 0.238 e. The molecule has 0 radical (unpaired) electrons. The van der Waals surface area contributed by atoms with Crippen LogP contribution in [-0.2, 0) is 11.3 Å². The molecule has 0 spiro atoms. The lowest BCUT2D eigenvalue weighted by Gasteiger charge is -2.34. The van der Waals surface area contributed by atoms with E-state index in [0.29, 0.717) is 6.54 Å². The predicted octanol–water partition coefficient (Wildman–Crippen LogP) is 2.95. The van der Waals surface area contributed by atoms with Gasteiger partial charge in [0.1, 0.15) is 5.82 Å². The quantitative estimate of drug-likeness (QED) is 0.903. The van der Waals surface area contributed by atoms with E-state index in [-0.39, 0.29) is 17.4 Å². The zero-order valence-electron chi connectivity index (χ0n) is 13.8. The van der Waals surface area contributed by atoms with Gasteiger partial charge in [-0.3, -0.25) is 14.6 Å². The Morgan fingerprint density at radius 2 is 1.96 bits per heavy atom. The summed E-state index contributed by atoms with van der Waals surface area (Å²) in [5.41, 5.74) is 2.44. The van der Waals surface area contributed by atoms with Crippen LogP contribution in [0.3, 0.4) is 0 Å². The number of thiophene rings is 1. The molecule has 0 atom stereocenters. The average molecular weight is 347 g/mol. The monoisotopic (exact) mass is 347 g/mol. The van der Waals surface area contributed by atoms with E-state index >= 15 is 0 Å². The van der Waals surface area contributed by atoms with Crippen molar-refractivity contribution in [3.8, 4) is 0 Å². The first kappa shape index (κ1) is 17.1. The maximum atomic E-state index is 13.8. The largest absolute Gasteiger partial charge is 0.322 e. The van der Waals surface area contributed by atoms with Gasteiger partial charge in [0.2, 0.25) is 5.91 Å². The molecule has 128 valence electrons. The Kier molecular flexibility index (Phi) is 5.60. The van der Waals surface area contributed by atoms with E-state index in [0.717, 1.165) is 38.3 Å². The van der Waals surface area contributed by atoms with Gasteiger partial charge in [0.15, 0.2) is 0 Å². The highest BCUT2D eigenvalue weighted by Gasteiger charge is 2.19. The maximum Gasteiger partial charge on any atom is 0.238 e. The van der Waals surface area contributed by atoms with E-state index in [1.165, 1.54) is 11.6 Å². The van der Waals surface area contributed by atoms with Crippen LogP contribution in [0.1, 0.15) is 11.1 Å². The summed E-state index contributed by atoms with van der Waals surface area (Å²) in [4.78, 5) is 16.6. The van der Waals surface area contributed by atoms with Crippen LogP contribution >= 0.6 is 11.3 Å². The average Bonchev–Trinajstić information content (AvgIpc) is 3.05. The fraction of sp³-hybridized carbons (Fsp3) is 0.389. The van der Waals surface area contributed by atoms with Gasteiger partial charge in [-0.1, -0.05) is 6.07 Å². The highest BCUT2D eigenvalue weighted by atomic mass is 32.1. The second-order valence-electron chi connectivity index (χ2n) is 6.22. The molecule has 1 fully saturated rings. The minimum Gasteiger partial charge on any atom is -0.322 e. The van der Waals surface area contributed by atoms with Gasteiger partial charge in [0.05, 0.1) is 12.2 Å². The van der Waals surface area contributed by atoms with Crippen LogP contribution in [0.4, 0.5) is 10.1 Å². The van der Waals surface area contributed by atoms with Crippen molar-refractivity contribution >= 4 is 22.9 Å². The van der Waals surface area contributed by atoms with Crippen molar-refractivity contribution in [1.82, 2.24) is 9.80 Å². The van der Waals surface area contributed by atoms with Crippen LogP contribution in [0.2, 0.25) is 0 Å². The van der Waals surface area contributed by atoms with Gasteiger partial charge in [-0.05, 0) is 47.0 Å². The summed E-state index contributed by atoms with van der Waals surface area (Å²) in [5, 5.41) is 6.94. The number of nitrogens with zero attached hydrogens (tertiary/aromatic N) is 2. The molecule has 24 heavy (non-hydrogen) atoms. The number of amides is 1. The third-order valence-electron chi connectivity index (χ3n) is 4.22. The zero-order valence-corrected chi connectivity index (χ0v) is 14.6. The van der Waals surface area contributed by atoms with Crippen LogP contribution < -0.4 is 5.32 Å². The lowest BCUT2D eigenvalue weighted by molar-refractivity contribution is -0.117. The van der Waals surface area contributed by atoms with Gasteiger partial charge < -0.3 is 5.32 Å². The Bertz CT molecular complexity index is 682. The van der Waals surface area contributed by atoms with Crippen molar-refractivity contribution in [2.75, 3.05) is 38.0 Å². The first-order chi connectivity index (χ1) is 11.6. The molecule has 2 aromatic rings. The number of benzene rings is 1. The van der Waals surface area contributed by atoms with Crippen molar-refractivity contribution in [2.24, 2.45) is 0 Å². The lowest BCUT2D eigenvalue weighted by atomic mass is 10.2. The van der Waals surface area contributed by atoms with E-state index in [1.807, 2.05) is 6.92 Å². The van der Waals surface area contributed by atoms with E-state index in [1.54, 1.807) is 23.5 Å². The molecule has 3 rings (SSSR count). The van der Waals surface area contributed by atoms with Gasteiger partial charge in [-0.25, -0.2) is 4.39 Å². The van der Waals surface area contributed by atoms with Crippen LogP contribution in [0.15, 0.2) is 35.0 Å². The highest BCUT2D eigenvalue weighted by Crippen LogP contribution is 2.15. The van der Waals surface area contributed by atoms with E-state index < -0.39 is 0 Å². The molecule has 1 aromatic carbocycles. The first-order valence-corrected chi connectivity index (χ1v) is 9.06. The molecule has 1 saturated heterocycles. The molecule has 1 aliphatic rings. The van der Waals surface area contributed by atoms with Gasteiger partial charge in [-0.15, -0.1) is 0 Å². The van der Waals surface area contributed by atoms with E-state index in [4.69, 9.17) is 0 Å². The molecule has 1 N–H and O–H groups in total. The number of carbonyl (C=O) groups excluding carboxylic acids is 1. The molecule has 4 nitrogen and oxygen atoms in total. The van der Waals surface area contributed by atoms with Crippen LogP contribution in [0.5, 0.6) is 0 Å². The first-order valence-electron chi connectivity index (χ1n) is 8.12. The maximum absolute atomic E-state index is 13.8. The fourth-order valence-electron chi connectivity index (χ4n) is 2.86. The van der Waals surface area contributed by atoms with Crippen molar-refractivity contribution in [1.29, 1.82) is 0 Å². The third-order valence-corrected chi connectivity index (χ3v) is 4.95. The summed E-state index contributed by atoms with van der Waals surface area (Å²) < 4.78 is 13.8. The van der Waals surface area contributed by atoms with E-state index in [9.17, 15) is 9.18 Å². The number of hydrogen-bond acceptors (Lipinski definition) is 4. The summed E-state index contributed by atoms with van der Waals surface area (Å²) in [5.74, 6) is -0.548. The normalized spacial score (nSPS) is 16.2. The number of carbonyl (C=O) groups is 1. The number of hydrogen-bond donors (Lipinski definition) is 1. The van der Waals surface area contributed by atoms with Gasteiger partial charge >= 0.3 is 0 Å². The van der Waals surface area contributed by atoms with Crippen molar-refractivity contribution in [3.63, 3.8) is 0 Å². The standard InChI is InChI=1S/C18H22FN3OS/c1-14-2-3-17(16(19)10-14)20-18(23)12-22-7-5-21(6-8-22)11-15-4-9-24-13-15/h2-4,9-10,13H,5-8,11-12H2,1H3,(H,20,23). The molecular formula is C18H22FN3OS. The number of halogens is 1. The third kappa shape index (κ3) is 4.63. The number of rotatable bonds is 5. The Balaban J connectivity index is 1.44. The Morgan fingerprint density at radius 1 is 1.21 bits per heavy atom. The Morgan fingerprint density at radius 3 is 2.62 bits per heavy atom.